The van der Waals surface area contributed by atoms with Crippen LogP contribution >= 0.6 is 0 Å². The number of rotatable bonds is 4. The van der Waals surface area contributed by atoms with Gasteiger partial charge in [0.1, 0.15) is 0 Å². The Hall–Kier alpha value is -2.10. The lowest BCUT2D eigenvalue weighted by atomic mass is 9.92. The molecule has 2 rings (SSSR count). The Bertz CT molecular complexity index is 910. The molecule has 0 heterocycles. The summed E-state index contributed by atoms with van der Waals surface area (Å²) in [6, 6.07) is 8.62. The summed E-state index contributed by atoms with van der Waals surface area (Å²) >= 11 is 0. The Morgan fingerprint density at radius 3 is 2.21 bits per heavy atom. The van der Waals surface area contributed by atoms with Gasteiger partial charge in [0.25, 0.3) is 25.9 Å². The van der Waals surface area contributed by atoms with Crippen LogP contribution in [0.4, 0.5) is 0 Å². The van der Waals surface area contributed by atoms with Gasteiger partial charge in [-0.1, -0.05) is 48.6 Å². The Morgan fingerprint density at radius 2 is 1.71 bits per heavy atom. The molecule has 1 unspecified atom stereocenters. The summed E-state index contributed by atoms with van der Waals surface area (Å²) in [4.78, 5) is 2.78. The largest absolute Gasteiger partial charge is 0.361 e. The number of benzene rings is 1. The van der Waals surface area contributed by atoms with Crippen LogP contribution in [0.15, 0.2) is 48.6 Å². The molecule has 1 aliphatic carbocycles. The van der Waals surface area contributed by atoms with Crippen molar-refractivity contribution in [1.82, 2.24) is 0 Å². The molecule has 1 aromatic rings. The van der Waals surface area contributed by atoms with Crippen LogP contribution in [0, 0.1) is 5.92 Å². The van der Waals surface area contributed by atoms with E-state index < -0.39 is 36.7 Å². The minimum atomic E-state index is -5.27. The molecule has 0 aromatic heterocycles. The summed E-state index contributed by atoms with van der Waals surface area (Å²) in [7, 11) is -10.5. The minimum Gasteiger partial charge on any atom is -0.361 e. The average Bonchev–Trinajstić information content (AvgIpc) is 2.51. The molecule has 1 aliphatic rings. The van der Waals surface area contributed by atoms with Gasteiger partial charge in [-0.2, -0.15) is 21.6 Å². The molecule has 10 heteroatoms. The van der Waals surface area contributed by atoms with E-state index in [4.69, 9.17) is 5.53 Å². The normalized spacial score (nSPS) is 20.9. The molecular formula is C14H14N2O6S2. The van der Waals surface area contributed by atoms with Gasteiger partial charge in [0, 0.05) is 12.0 Å². The maximum atomic E-state index is 11.9. The summed E-state index contributed by atoms with van der Waals surface area (Å²) in [5.41, 5.74) is 9.16. The molecule has 0 fully saturated rings. The van der Waals surface area contributed by atoms with Crippen LogP contribution in [0.25, 0.3) is 11.6 Å². The molecule has 0 saturated carbocycles. The van der Waals surface area contributed by atoms with Crippen LogP contribution in [0.5, 0.6) is 0 Å². The van der Waals surface area contributed by atoms with Crippen LogP contribution in [0.2, 0.25) is 0 Å². The molecule has 2 N–H and O–H groups in total. The first-order valence-corrected chi connectivity index (χ1v) is 9.56. The predicted molar refractivity (Wildman–Crippen MR) is 87.2 cm³/mol. The third-order valence-electron chi connectivity index (χ3n) is 3.73. The maximum Gasteiger partial charge on any atom is 0.294 e. The lowest BCUT2D eigenvalue weighted by molar-refractivity contribution is -0.00742. The zero-order chi connectivity index (χ0) is 18.0. The number of allylic oxidation sites excluding steroid dienone is 3. The standard InChI is InChI=1S/C14H14N2O6S2/c15-16-13-9-8-12(7-6-11-4-2-1-3-5-11)14(10-13,23(17,18)19)24(20,21)22/h1-9,12H,10H2,(H,17,18,19)(H,20,21,22). The first-order chi connectivity index (χ1) is 11.1. The molecule has 0 saturated heterocycles. The second-order valence-corrected chi connectivity index (χ2v) is 8.80. The van der Waals surface area contributed by atoms with E-state index in [1.807, 2.05) is 0 Å². The smallest absolute Gasteiger partial charge is 0.294 e. The summed E-state index contributed by atoms with van der Waals surface area (Å²) in [5.74, 6) is -1.40. The molecule has 24 heavy (non-hydrogen) atoms. The molecular weight excluding hydrogens is 356 g/mol. The van der Waals surface area contributed by atoms with Crippen molar-refractivity contribution < 1.29 is 30.7 Å². The van der Waals surface area contributed by atoms with Crippen LogP contribution in [-0.2, 0) is 20.2 Å². The van der Waals surface area contributed by atoms with Crippen LogP contribution in [-0.4, -0.2) is 40.5 Å². The fraction of sp³-hybridized carbons (Fsp3) is 0.214. The third-order valence-corrected chi connectivity index (χ3v) is 7.57. The summed E-state index contributed by atoms with van der Waals surface area (Å²) < 4.78 is 63.5. The highest BCUT2D eigenvalue weighted by molar-refractivity contribution is 8.05. The summed E-state index contributed by atoms with van der Waals surface area (Å²) in [5, 5.41) is 0. The van der Waals surface area contributed by atoms with Gasteiger partial charge in [0.05, 0.1) is 6.42 Å². The average molecular weight is 370 g/mol. The first kappa shape index (κ1) is 18.2. The van der Waals surface area contributed by atoms with Crippen molar-refractivity contribution in [3.8, 4) is 0 Å². The topological polar surface area (TPSA) is 145 Å². The molecule has 0 aliphatic heterocycles. The molecule has 128 valence electrons. The lowest BCUT2D eigenvalue weighted by Crippen LogP contribution is -2.53. The van der Waals surface area contributed by atoms with Crippen LogP contribution in [0.3, 0.4) is 0 Å². The van der Waals surface area contributed by atoms with Crippen molar-refractivity contribution in [2.24, 2.45) is 5.92 Å². The van der Waals surface area contributed by atoms with Gasteiger partial charge in [0.15, 0.2) is 0 Å². The minimum absolute atomic E-state index is 0.311. The molecule has 0 spiro atoms. The van der Waals surface area contributed by atoms with Gasteiger partial charge < -0.3 is 5.53 Å². The Morgan fingerprint density at radius 1 is 1.12 bits per heavy atom. The molecule has 0 amide bonds. The highest BCUT2D eigenvalue weighted by Crippen LogP contribution is 2.40. The Kier molecular flexibility index (Phi) is 4.88. The van der Waals surface area contributed by atoms with Gasteiger partial charge >= 0.3 is 0 Å². The van der Waals surface area contributed by atoms with Crippen LogP contribution < -0.4 is 0 Å². The van der Waals surface area contributed by atoms with Gasteiger partial charge in [-0.25, -0.2) is 0 Å². The molecule has 0 bridgehead atoms. The molecule has 1 aromatic carbocycles. The van der Waals surface area contributed by atoms with Gasteiger partial charge in [0.2, 0.25) is 4.08 Å². The van der Waals surface area contributed by atoms with Gasteiger partial charge in [-0.05, 0) is 5.56 Å². The summed E-state index contributed by atoms with van der Waals surface area (Å²) in [6.45, 7) is 0. The zero-order valence-electron chi connectivity index (χ0n) is 12.2. The van der Waals surface area contributed by atoms with Crippen molar-refractivity contribution >= 4 is 32.0 Å². The maximum absolute atomic E-state index is 11.9. The van der Waals surface area contributed by atoms with Crippen molar-refractivity contribution in [2.45, 2.75) is 10.5 Å². The third kappa shape index (κ3) is 3.23. The first-order valence-electron chi connectivity index (χ1n) is 6.68. The molecule has 8 nitrogen and oxygen atoms in total. The van der Waals surface area contributed by atoms with E-state index in [0.717, 1.165) is 6.08 Å². The Balaban J connectivity index is 2.66. The second-order valence-electron chi connectivity index (χ2n) is 5.18. The lowest BCUT2D eigenvalue weighted by Gasteiger charge is -2.32. The second kappa shape index (κ2) is 6.42. The zero-order valence-corrected chi connectivity index (χ0v) is 13.9. The fourth-order valence-electron chi connectivity index (χ4n) is 2.51. The van der Waals surface area contributed by atoms with E-state index in [2.05, 4.69) is 4.79 Å². The predicted octanol–water partition coefficient (Wildman–Crippen LogP) is 1.42. The van der Waals surface area contributed by atoms with E-state index in [9.17, 15) is 25.9 Å². The van der Waals surface area contributed by atoms with Crippen molar-refractivity contribution in [2.75, 3.05) is 0 Å². The summed E-state index contributed by atoms with van der Waals surface area (Å²) in [6.07, 6.45) is 4.14. The van der Waals surface area contributed by atoms with E-state index in [0.29, 0.717) is 5.56 Å². The van der Waals surface area contributed by atoms with Crippen LogP contribution in [0.1, 0.15) is 12.0 Å². The van der Waals surface area contributed by atoms with Gasteiger partial charge in [-0.3, -0.25) is 9.11 Å². The van der Waals surface area contributed by atoms with E-state index in [1.54, 1.807) is 30.3 Å². The molecule has 1 atom stereocenters. The molecule has 0 radical (unpaired) electrons. The van der Waals surface area contributed by atoms with Crippen molar-refractivity contribution in [3.05, 3.63) is 59.7 Å². The number of hydrogen-bond acceptors (Lipinski definition) is 4. The Labute approximate surface area is 139 Å². The van der Waals surface area contributed by atoms with Crippen molar-refractivity contribution in [1.29, 1.82) is 0 Å². The highest BCUT2D eigenvalue weighted by atomic mass is 32.3. The highest BCUT2D eigenvalue weighted by Gasteiger charge is 2.62. The quantitative estimate of drug-likeness (QED) is 0.466. The fourth-order valence-corrected chi connectivity index (χ4v) is 5.24. The number of hydrogen-bond donors (Lipinski definition) is 2. The van der Waals surface area contributed by atoms with E-state index in [1.165, 1.54) is 18.2 Å². The monoisotopic (exact) mass is 370 g/mol. The SMILES string of the molecule is [N-]=[N+]=C1C=CC(C=Cc2ccccc2)C(S(=O)(=O)O)(S(=O)(=O)O)C1. The van der Waals surface area contributed by atoms with E-state index in [-0.39, 0.29) is 5.71 Å². The van der Waals surface area contributed by atoms with Crippen molar-refractivity contribution in [3.63, 3.8) is 0 Å². The van der Waals surface area contributed by atoms with E-state index >= 15 is 0 Å². The van der Waals surface area contributed by atoms with Gasteiger partial charge in [-0.15, -0.1) is 0 Å². The number of nitrogens with zero attached hydrogens (tertiary/aromatic N) is 2.